The van der Waals surface area contributed by atoms with E-state index in [4.69, 9.17) is 15.6 Å². The zero-order valence-corrected chi connectivity index (χ0v) is 20.6. The largest absolute Gasteiger partial charge is 0.481 e. The van der Waals surface area contributed by atoms with E-state index in [1.165, 1.54) is 18.4 Å². The van der Waals surface area contributed by atoms with E-state index in [-0.39, 0.29) is 35.5 Å². The van der Waals surface area contributed by atoms with E-state index in [1.807, 2.05) is 12.1 Å². The Kier molecular flexibility index (Phi) is 7.13. The van der Waals surface area contributed by atoms with E-state index < -0.39 is 5.97 Å². The van der Waals surface area contributed by atoms with Gasteiger partial charge in [0.05, 0.1) is 6.54 Å². The highest BCUT2D eigenvalue weighted by molar-refractivity contribution is 7.99. The molecule has 35 heavy (non-hydrogen) atoms. The van der Waals surface area contributed by atoms with Crippen LogP contribution in [-0.2, 0) is 4.79 Å². The number of hydrogen-bond donors (Lipinski definition) is 2. The van der Waals surface area contributed by atoms with Crippen molar-refractivity contribution in [3.63, 3.8) is 0 Å². The maximum Gasteiger partial charge on any atom is 0.303 e. The van der Waals surface area contributed by atoms with Crippen LogP contribution in [0.2, 0.25) is 0 Å². The van der Waals surface area contributed by atoms with Crippen LogP contribution < -0.4 is 15.4 Å². The van der Waals surface area contributed by atoms with Gasteiger partial charge in [0.2, 0.25) is 5.88 Å². The molecule has 186 valence electrons. The number of fused-ring (bicyclic) bond motifs is 1. The summed E-state index contributed by atoms with van der Waals surface area (Å²) >= 11 is 1.63. The number of thioether (sulfide) groups is 1. The molecule has 5 rings (SSSR count). The van der Waals surface area contributed by atoms with Crippen LogP contribution in [0.3, 0.4) is 0 Å². The number of nitrogens with two attached hydrogens (primary N) is 1. The molecule has 0 atom stereocenters. The molecule has 1 aromatic carbocycles. The number of amides is 1. The van der Waals surface area contributed by atoms with Gasteiger partial charge in [0.25, 0.3) is 5.91 Å². The summed E-state index contributed by atoms with van der Waals surface area (Å²) < 4.78 is 5.86. The number of benzene rings is 1. The van der Waals surface area contributed by atoms with Gasteiger partial charge in [-0.15, -0.1) is 0 Å². The summed E-state index contributed by atoms with van der Waals surface area (Å²) in [6.07, 6.45) is 8.90. The minimum Gasteiger partial charge on any atom is -0.481 e. The number of aromatic nitrogens is 2. The molecule has 2 saturated carbocycles. The summed E-state index contributed by atoms with van der Waals surface area (Å²) in [5.74, 6) is 0.206. The number of hydrogen-bond acceptors (Lipinski definition) is 7. The third-order valence-corrected chi connectivity index (χ3v) is 8.65. The summed E-state index contributed by atoms with van der Waals surface area (Å²) in [6, 6.07) is 8.11. The zero-order chi connectivity index (χ0) is 24.4. The predicted molar refractivity (Wildman–Crippen MR) is 135 cm³/mol. The highest BCUT2D eigenvalue weighted by Gasteiger charge is 2.31. The van der Waals surface area contributed by atoms with Crippen molar-refractivity contribution in [3.8, 4) is 5.88 Å². The first-order chi connectivity index (χ1) is 17.0. The first-order valence-corrected chi connectivity index (χ1v) is 13.5. The fourth-order valence-electron chi connectivity index (χ4n) is 5.54. The number of nitrogens with zero attached hydrogens (tertiary/aromatic N) is 3. The minimum absolute atomic E-state index is 0.169. The average molecular weight is 497 g/mol. The van der Waals surface area contributed by atoms with Crippen LogP contribution >= 0.6 is 11.8 Å². The van der Waals surface area contributed by atoms with Gasteiger partial charge >= 0.3 is 5.97 Å². The molecule has 8 nitrogen and oxygen atoms in total. The van der Waals surface area contributed by atoms with Crippen LogP contribution in [0.5, 0.6) is 5.88 Å². The molecule has 0 radical (unpaired) electrons. The Balaban J connectivity index is 1.29. The minimum atomic E-state index is -0.708. The fourth-order valence-corrected chi connectivity index (χ4v) is 6.69. The fraction of sp³-hybridized carbons (Fsp3) is 0.538. The number of carboxylic acid groups (broad SMARTS) is 1. The third-order valence-electron chi connectivity index (χ3n) is 7.46. The number of ether oxygens (including phenoxy) is 1. The van der Waals surface area contributed by atoms with Gasteiger partial charge in [0.1, 0.15) is 18.0 Å². The van der Waals surface area contributed by atoms with Crippen LogP contribution in [-0.4, -0.2) is 45.4 Å². The summed E-state index contributed by atoms with van der Waals surface area (Å²) in [4.78, 5) is 35.1. The molecule has 2 aromatic rings. The van der Waals surface area contributed by atoms with E-state index in [0.29, 0.717) is 29.5 Å². The molecule has 0 spiro atoms. The summed E-state index contributed by atoms with van der Waals surface area (Å²) in [7, 11) is 0. The Hall–Kier alpha value is -2.81. The van der Waals surface area contributed by atoms with Crippen molar-refractivity contribution in [1.29, 1.82) is 0 Å². The number of carbonyl (C=O) groups is 2. The van der Waals surface area contributed by atoms with E-state index >= 15 is 0 Å². The normalized spacial score (nSPS) is 23.0. The second-order valence-electron chi connectivity index (χ2n) is 9.81. The Bertz CT molecular complexity index is 1080. The van der Waals surface area contributed by atoms with E-state index in [2.05, 4.69) is 22.1 Å². The van der Waals surface area contributed by atoms with Gasteiger partial charge in [0.15, 0.2) is 5.16 Å². The van der Waals surface area contributed by atoms with E-state index in [9.17, 15) is 9.59 Å². The molecule has 9 heteroatoms. The molecule has 2 heterocycles. The zero-order valence-electron chi connectivity index (χ0n) is 19.8. The second-order valence-corrected chi connectivity index (χ2v) is 11.1. The van der Waals surface area contributed by atoms with E-state index in [0.717, 1.165) is 44.2 Å². The van der Waals surface area contributed by atoms with Crippen molar-refractivity contribution in [3.05, 3.63) is 35.4 Å². The lowest BCUT2D eigenvalue weighted by Gasteiger charge is -2.28. The van der Waals surface area contributed by atoms with Gasteiger partial charge < -0.3 is 20.5 Å². The number of anilines is 2. The first kappa shape index (κ1) is 23.9. The Morgan fingerprint density at radius 2 is 1.80 bits per heavy atom. The summed E-state index contributed by atoms with van der Waals surface area (Å²) in [5.41, 5.74) is 8.51. The van der Waals surface area contributed by atoms with Crippen molar-refractivity contribution in [2.45, 2.75) is 74.1 Å². The molecule has 1 aliphatic heterocycles. The highest BCUT2D eigenvalue weighted by Crippen LogP contribution is 2.39. The van der Waals surface area contributed by atoms with Gasteiger partial charge in [-0.1, -0.05) is 36.7 Å². The number of nitrogen functional groups attached to an aromatic ring is 1. The molecule has 0 unspecified atom stereocenters. The molecule has 2 fully saturated rings. The Morgan fingerprint density at radius 3 is 2.49 bits per heavy atom. The Morgan fingerprint density at radius 1 is 1.09 bits per heavy atom. The molecule has 0 saturated heterocycles. The van der Waals surface area contributed by atoms with Gasteiger partial charge in [0, 0.05) is 17.4 Å². The number of carboxylic acids is 1. The molecule has 3 N–H and O–H groups in total. The average Bonchev–Trinajstić information content (AvgIpc) is 3.28. The van der Waals surface area contributed by atoms with Gasteiger partial charge in [-0.25, -0.2) is 4.98 Å². The number of rotatable bonds is 6. The quantitative estimate of drug-likeness (QED) is 0.543. The lowest BCUT2D eigenvalue weighted by atomic mass is 9.77. The summed E-state index contributed by atoms with van der Waals surface area (Å²) in [6.45, 7) is 0.734. The van der Waals surface area contributed by atoms with Crippen molar-refractivity contribution < 1.29 is 19.4 Å². The SMILES string of the molecule is Nc1nc(SC2CCCC2)nc2c1C(=O)N(c1ccc(C3CCC(CC(=O)O)CC3)cc1)CCO2. The standard InChI is InChI=1S/C26H32N4O4S/c27-23-22-24(29-26(28-23)35-20-3-1-2-4-20)34-14-13-30(25(22)33)19-11-9-18(10-12-19)17-7-5-16(6-8-17)15-21(31)32/h9-12,16-17,20H,1-8,13-15H2,(H,31,32)(H2,27,28,29). The van der Waals surface area contributed by atoms with Crippen LogP contribution in [0, 0.1) is 5.92 Å². The monoisotopic (exact) mass is 496 g/mol. The topological polar surface area (TPSA) is 119 Å². The van der Waals surface area contributed by atoms with Gasteiger partial charge in [-0.3, -0.25) is 9.59 Å². The summed E-state index contributed by atoms with van der Waals surface area (Å²) in [5, 5.41) is 10.1. The lowest BCUT2D eigenvalue weighted by Crippen LogP contribution is -2.32. The van der Waals surface area contributed by atoms with Crippen LogP contribution in [0.4, 0.5) is 11.5 Å². The van der Waals surface area contributed by atoms with Crippen molar-refractivity contribution in [1.82, 2.24) is 9.97 Å². The lowest BCUT2D eigenvalue weighted by molar-refractivity contribution is -0.138. The van der Waals surface area contributed by atoms with Crippen molar-refractivity contribution >= 4 is 35.1 Å². The van der Waals surface area contributed by atoms with Crippen LogP contribution in [0.1, 0.15) is 79.6 Å². The smallest absolute Gasteiger partial charge is 0.303 e. The molecular formula is C26H32N4O4S. The molecular weight excluding hydrogens is 464 g/mol. The number of carbonyl (C=O) groups excluding carboxylic acids is 1. The molecule has 3 aliphatic rings. The van der Waals surface area contributed by atoms with E-state index in [1.54, 1.807) is 16.7 Å². The van der Waals surface area contributed by atoms with Crippen LogP contribution in [0.25, 0.3) is 0 Å². The second kappa shape index (κ2) is 10.4. The predicted octanol–water partition coefficient (Wildman–Crippen LogP) is 4.88. The maximum absolute atomic E-state index is 13.5. The molecule has 1 amide bonds. The molecule has 1 aromatic heterocycles. The molecule has 0 bridgehead atoms. The molecule has 2 aliphatic carbocycles. The third kappa shape index (κ3) is 5.39. The first-order valence-electron chi connectivity index (χ1n) is 12.6. The number of aliphatic carboxylic acids is 1. The van der Waals surface area contributed by atoms with Crippen molar-refractivity contribution in [2.75, 3.05) is 23.8 Å². The van der Waals surface area contributed by atoms with Gasteiger partial charge in [-0.05, 0) is 68.1 Å². The van der Waals surface area contributed by atoms with Crippen molar-refractivity contribution in [2.24, 2.45) is 5.92 Å². The highest BCUT2D eigenvalue weighted by atomic mass is 32.2. The van der Waals surface area contributed by atoms with Crippen LogP contribution in [0.15, 0.2) is 29.4 Å². The maximum atomic E-state index is 13.5. The van der Waals surface area contributed by atoms with Gasteiger partial charge in [-0.2, -0.15) is 4.98 Å². The Labute approximate surface area is 209 Å².